The van der Waals surface area contributed by atoms with E-state index in [2.05, 4.69) is 0 Å². The van der Waals surface area contributed by atoms with Gasteiger partial charge in [-0.05, 0) is 92.0 Å². The van der Waals surface area contributed by atoms with Crippen molar-refractivity contribution >= 4 is 17.9 Å². The van der Waals surface area contributed by atoms with Crippen molar-refractivity contribution in [3.63, 3.8) is 0 Å². The normalized spacial score (nSPS) is 18.8. The average Bonchev–Trinajstić information content (AvgIpc) is 2.91. The number of hydrogen-bond acceptors (Lipinski definition) is 4. The van der Waals surface area contributed by atoms with E-state index in [1.807, 2.05) is 19.1 Å². The van der Waals surface area contributed by atoms with Gasteiger partial charge in [-0.1, -0.05) is 13.0 Å². The van der Waals surface area contributed by atoms with Crippen molar-refractivity contribution < 1.29 is 45.4 Å². The molecule has 2 atom stereocenters. The van der Waals surface area contributed by atoms with Crippen molar-refractivity contribution in [1.82, 2.24) is 4.90 Å². The zero-order valence-electron chi connectivity index (χ0n) is 23.0. The number of benzene rings is 2. The quantitative estimate of drug-likeness (QED) is 0.333. The number of carbonyl (C=O) groups excluding carboxylic acids is 2. The second-order valence-corrected chi connectivity index (χ2v) is 10.5. The number of alkyl halides is 6. The monoisotopic (exact) mass is 586 g/mol. The van der Waals surface area contributed by atoms with Gasteiger partial charge in [-0.15, -0.1) is 0 Å². The van der Waals surface area contributed by atoms with Crippen molar-refractivity contribution in [3.8, 4) is 0 Å². The highest BCUT2D eigenvalue weighted by molar-refractivity contribution is 5.91. The van der Waals surface area contributed by atoms with Crippen LogP contribution in [-0.4, -0.2) is 36.8 Å². The number of anilines is 1. The number of hydrogen-bond donors (Lipinski definition) is 0. The summed E-state index contributed by atoms with van der Waals surface area (Å²) < 4.78 is 91.7. The first-order valence-electron chi connectivity index (χ1n) is 13.5. The summed E-state index contributed by atoms with van der Waals surface area (Å²) in [5.74, 6) is 0. The van der Waals surface area contributed by atoms with Gasteiger partial charge in [0.1, 0.15) is 0 Å². The molecule has 0 bridgehead atoms. The lowest BCUT2D eigenvalue weighted by Gasteiger charge is -2.43. The second kappa shape index (κ2) is 11.8. The number of amides is 2. The number of fused-ring (bicyclic) bond motifs is 2. The maximum Gasteiger partial charge on any atom is 0.416 e. The summed E-state index contributed by atoms with van der Waals surface area (Å²) in [7, 11) is 1.09. The molecule has 6 nitrogen and oxygen atoms in total. The van der Waals surface area contributed by atoms with Gasteiger partial charge in [0, 0.05) is 12.6 Å². The third kappa shape index (κ3) is 6.56. The number of nitrogens with zero attached hydrogens (tertiary/aromatic N) is 2. The summed E-state index contributed by atoms with van der Waals surface area (Å²) in [4.78, 5) is 28.8. The Labute approximate surface area is 234 Å². The molecule has 0 N–H and O–H groups in total. The second-order valence-electron chi connectivity index (χ2n) is 10.5. The molecule has 2 aliphatic rings. The summed E-state index contributed by atoms with van der Waals surface area (Å²) in [5.41, 5.74) is -0.149. The summed E-state index contributed by atoms with van der Waals surface area (Å²) in [6.07, 6.45) is -7.29. The molecule has 0 saturated carbocycles. The Balaban J connectivity index is 1.83. The molecule has 2 amide bonds. The van der Waals surface area contributed by atoms with Gasteiger partial charge in [-0.25, -0.2) is 9.59 Å². The van der Waals surface area contributed by atoms with Crippen LogP contribution < -0.4 is 4.90 Å². The SMILES string of the molecule is CCCOC(=O)N1c2cc3c(cc2C(N(Cc2cc(C(F)(F)F)cc(C(F)(F)F)c2)C(=O)OC)CC1C)CCCC3. The van der Waals surface area contributed by atoms with Gasteiger partial charge < -0.3 is 9.47 Å². The molecule has 1 aliphatic heterocycles. The van der Waals surface area contributed by atoms with Crippen LogP contribution in [0.3, 0.4) is 0 Å². The summed E-state index contributed by atoms with van der Waals surface area (Å²) in [6, 6.07) is 3.76. The third-order valence-electron chi connectivity index (χ3n) is 7.53. The predicted octanol–water partition coefficient (Wildman–Crippen LogP) is 8.06. The van der Waals surface area contributed by atoms with E-state index in [4.69, 9.17) is 9.47 Å². The lowest BCUT2D eigenvalue weighted by molar-refractivity contribution is -0.143. The molecule has 0 fully saturated rings. The van der Waals surface area contributed by atoms with Crippen molar-refractivity contribution in [2.24, 2.45) is 0 Å². The molecule has 1 aliphatic carbocycles. The number of methoxy groups -OCH3 is 1. The minimum atomic E-state index is -5.03. The first-order valence-corrected chi connectivity index (χ1v) is 13.5. The van der Waals surface area contributed by atoms with Crippen LogP contribution in [0.1, 0.15) is 79.0 Å². The molecule has 2 aromatic carbocycles. The van der Waals surface area contributed by atoms with E-state index in [1.165, 1.54) is 4.90 Å². The van der Waals surface area contributed by atoms with Crippen LogP contribution in [0.25, 0.3) is 0 Å². The Morgan fingerprint density at radius 3 is 2.07 bits per heavy atom. The van der Waals surface area contributed by atoms with Crippen molar-refractivity contribution in [3.05, 3.63) is 63.7 Å². The van der Waals surface area contributed by atoms with Crippen LogP contribution in [0.4, 0.5) is 41.6 Å². The topological polar surface area (TPSA) is 59.1 Å². The minimum absolute atomic E-state index is 0.0516. The molecule has 4 rings (SSSR count). The standard InChI is InChI=1S/C29H32F6N2O4/c1-4-9-41-27(39)37-17(2)10-24(23-13-19-7-5-6-8-20(19)14-25(23)37)36(26(38)40-3)16-18-11-21(28(30,31)32)15-22(12-18)29(33,34)35/h11-15,17,24H,4-10,16H2,1-3H3. The molecule has 0 spiro atoms. The van der Waals surface area contributed by atoms with E-state index in [1.54, 1.807) is 6.92 Å². The maximum absolute atomic E-state index is 13.5. The van der Waals surface area contributed by atoms with Gasteiger partial charge in [0.15, 0.2) is 0 Å². The van der Waals surface area contributed by atoms with Crippen LogP contribution in [0.15, 0.2) is 30.3 Å². The highest BCUT2D eigenvalue weighted by Gasteiger charge is 2.41. The number of aryl methyl sites for hydroxylation is 2. The van der Waals surface area contributed by atoms with Crippen LogP contribution in [0.2, 0.25) is 0 Å². The first kappa shape index (κ1) is 30.5. The summed E-state index contributed by atoms with van der Waals surface area (Å²) in [6.45, 7) is 3.24. The third-order valence-corrected chi connectivity index (χ3v) is 7.53. The minimum Gasteiger partial charge on any atom is -0.453 e. The Bertz CT molecular complexity index is 1260. The van der Waals surface area contributed by atoms with Gasteiger partial charge >= 0.3 is 24.5 Å². The van der Waals surface area contributed by atoms with Crippen molar-refractivity contribution in [2.45, 2.75) is 83.4 Å². The van der Waals surface area contributed by atoms with Gasteiger partial charge in [0.25, 0.3) is 0 Å². The Morgan fingerprint density at radius 2 is 1.54 bits per heavy atom. The zero-order valence-corrected chi connectivity index (χ0v) is 23.0. The van der Waals surface area contributed by atoms with E-state index < -0.39 is 54.3 Å². The van der Waals surface area contributed by atoms with Crippen LogP contribution in [-0.2, 0) is 41.2 Å². The Hall–Kier alpha value is -3.44. The van der Waals surface area contributed by atoms with E-state index >= 15 is 0 Å². The number of ether oxygens (including phenoxy) is 2. The fraction of sp³-hybridized carbons (Fsp3) is 0.517. The highest BCUT2D eigenvalue weighted by atomic mass is 19.4. The predicted molar refractivity (Wildman–Crippen MR) is 138 cm³/mol. The maximum atomic E-state index is 13.5. The largest absolute Gasteiger partial charge is 0.453 e. The lowest BCUT2D eigenvalue weighted by atomic mass is 9.83. The molecule has 12 heteroatoms. The van der Waals surface area contributed by atoms with E-state index in [-0.39, 0.29) is 24.7 Å². The van der Waals surface area contributed by atoms with Gasteiger partial charge in [-0.2, -0.15) is 26.3 Å². The van der Waals surface area contributed by atoms with Gasteiger partial charge in [0.2, 0.25) is 0 Å². The Kier molecular flexibility index (Phi) is 8.79. The molecular formula is C29H32F6N2O4. The molecule has 41 heavy (non-hydrogen) atoms. The van der Waals surface area contributed by atoms with E-state index in [9.17, 15) is 35.9 Å². The number of halogens is 6. The van der Waals surface area contributed by atoms with Crippen molar-refractivity contribution in [1.29, 1.82) is 0 Å². The molecule has 0 radical (unpaired) electrons. The zero-order chi connectivity index (χ0) is 30.1. The smallest absolute Gasteiger partial charge is 0.416 e. The Morgan fingerprint density at radius 1 is 0.951 bits per heavy atom. The number of carbonyl (C=O) groups is 2. The molecule has 1 heterocycles. The van der Waals surface area contributed by atoms with Crippen LogP contribution >= 0.6 is 0 Å². The lowest BCUT2D eigenvalue weighted by Crippen LogP contribution is -2.48. The number of rotatable bonds is 5. The molecule has 2 unspecified atom stereocenters. The fourth-order valence-corrected chi connectivity index (χ4v) is 5.62. The molecule has 0 saturated heterocycles. The van der Waals surface area contributed by atoms with Gasteiger partial charge in [0.05, 0.1) is 36.6 Å². The fourth-order valence-electron chi connectivity index (χ4n) is 5.62. The first-order chi connectivity index (χ1) is 19.2. The summed E-state index contributed by atoms with van der Waals surface area (Å²) in [5, 5.41) is 0. The van der Waals surface area contributed by atoms with Gasteiger partial charge in [-0.3, -0.25) is 9.80 Å². The average molecular weight is 587 g/mol. The van der Waals surface area contributed by atoms with E-state index in [0.29, 0.717) is 29.8 Å². The van der Waals surface area contributed by atoms with Crippen LogP contribution in [0.5, 0.6) is 0 Å². The molecule has 224 valence electrons. The van der Waals surface area contributed by atoms with Crippen molar-refractivity contribution in [2.75, 3.05) is 18.6 Å². The molecular weight excluding hydrogens is 554 g/mol. The molecule has 0 aromatic heterocycles. The highest BCUT2D eigenvalue weighted by Crippen LogP contribution is 2.45. The van der Waals surface area contributed by atoms with Crippen LogP contribution in [0, 0.1) is 0 Å². The summed E-state index contributed by atoms with van der Waals surface area (Å²) >= 11 is 0. The van der Waals surface area contributed by atoms with E-state index in [0.717, 1.165) is 48.8 Å². The molecule has 2 aromatic rings.